The van der Waals surface area contributed by atoms with Gasteiger partial charge in [0.05, 0.1) is 23.1 Å². The van der Waals surface area contributed by atoms with Gasteiger partial charge in [0.25, 0.3) is 0 Å². The second kappa shape index (κ2) is 15.3. The lowest BCUT2D eigenvalue weighted by atomic mass is 9.70. The molecule has 228 valence electrons. The molecule has 0 spiro atoms. The van der Waals surface area contributed by atoms with Gasteiger partial charge < -0.3 is 15.2 Å². The average molecular weight is 633 g/mol. The van der Waals surface area contributed by atoms with Gasteiger partial charge in [-0.2, -0.15) is 13.2 Å². The molecule has 9 heteroatoms. The van der Waals surface area contributed by atoms with E-state index in [-0.39, 0.29) is 23.9 Å². The van der Waals surface area contributed by atoms with Crippen molar-refractivity contribution in [2.45, 2.75) is 37.3 Å². The molecule has 0 bridgehead atoms. The Morgan fingerprint density at radius 3 is 2.09 bits per heavy atom. The first-order chi connectivity index (χ1) is 20.1. The summed E-state index contributed by atoms with van der Waals surface area (Å²) in [6, 6.07) is 30.6. The van der Waals surface area contributed by atoms with Crippen LogP contribution in [0.5, 0.6) is 5.75 Å². The Bertz CT molecular complexity index is 1430. The molecule has 0 fully saturated rings. The highest BCUT2D eigenvalue weighted by Crippen LogP contribution is 2.41. The van der Waals surface area contributed by atoms with Crippen molar-refractivity contribution in [2.24, 2.45) is 0 Å². The lowest BCUT2D eigenvalue weighted by Crippen LogP contribution is -2.42. The third-order valence-corrected chi connectivity index (χ3v) is 7.90. The Hall–Kier alpha value is -3.52. The number of carbonyl (C=O) groups is 1. The molecule has 4 nitrogen and oxygen atoms in total. The van der Waals surface area contributed by atoms with Crippen LogP contribution in [0.4, 0.5) is 13.2 Å². The van der Waals surface area contributed by atoms with E-state index in [9.17, 15) is 23.1 Å². The summed E-state index contributed by atoms with van der Waals surface area (Å²) in [4.78, 5) is 11.3. The number of ether oxygens (including phenoxy) is 1. The average Bonchev–Trinajstić information content (AvgIpc) is 2.99. The number of nitrogens with one attached hydrogen (secondary N) is 1. The molecule has 4 aromatic rings. The zero-order valence-corrected chi connectivity index (χ0v) is 25.2. The molecule has 0 aliphatic carbocycles. The monoisotopic (exact) mass is 631 g/mol. The van der Waals surface area contributed by atoms with Crippen LogP contribution >= 0.6 is 24.0 Å². The van der Waals surface area contributed by atoms with Crippen molar-refractivity contribution in [3.05, 3.63) is 136 Å². The van der Waals surface area contributed by atoms with Crippen molar-refractivity contribution in [3.63, 3.8) is 0 Å². The summed E-state index contributed by atoms with van der Waals surface area (Å²) < 4.78 is 47.0. The van der Waals surface area contributed by atoms with Gasteiger partial charge in [-0.05, 0) is 66.8 Å². The molecule has 1 atom stereocenters. The first kappa shape index (κ1) is 34.0. The van der Waals surface area contributed by atoms with Gasteiger partial charge in [-0.25, -0.2) is 0 Å². The third kappa shape index (κ3) is 8.53. The summed E-state index contributed by atoms with van der Waals surface area (Å²) in [6.07, 6.45) is -3.65. The highest BCUT2D eigenvalue weighted by atomic mass is 35.5. The van der Waals surface area contributed by atoms with E-state index in [2.05, 4.69) is 5.32 Å². The Labute approximate surface area is 261 Å². The van der Waals surface area contributed by atoms with Crippen molar-refractivity contribution in [2.75, 3.05) is 19.7 Å². The topological polar surface area (TPSA) is 58.6 Å². The first-order valence-electron chi connectivity index (χ1n) is 13.7. The molecule has 0 saturated heterocycles. The number of carboxylic acids is 1. The fourth-order valence-corrected chi connectivity index (χ4v) is 5.42. The van der Waals surface area contributed by atoms with Crippen molar-refractivity contribution < 1.29 is 27.8 Å². The van der Waals surface area contributed by atoms with Crippen molar-refractivity contribution >= 4 is 30.0 Å². The molecule has 43 heavy (non-hydrogen) atoms. The molecule has 2 N–H and O–H groups in total. The zero-order chi connectivity index (χ0) is 30.2. The fourth-order valence-electron chi connectivity index (χ4n) is 5.12. The predicted molar refractivity (Wildman–Crippen MR) is 167 cm³/mol. The van der Waals surface area contributed by atoms with Crippen LogP contribution in [0.2, 0.25) is 5.02 Å². The van der Waals surface area contributed by atoms with Crippen LogP contribution in [-0.4, -0.2) is 30.8 Å². The van der Waals surface area contributed by atoms with Crippen molar-refractivity contribution in [1.29, 1.82) is 0 Å². The second-order valence-electron chi connectivity index (χ2n) is 10.3. The van der Waals surface area contributed by atoms with E-state index in [1.54, 1.807) is 37.3 Å². The quantitative estimate of drug-likeness (QED) is 0.145. The Morgan fingerprint density at radius 2 is 1.51 bits per heavy atom. The van der Waals surface area contributed by atoms with Crippen LogP contribution in [0.1, 0.15) is 47.1 Å². The van der Waals surface area contributed by atoms with Crippen LogP contribution in [0, 0.1) is 0 Å². The van der Waals surface area contributed by atoms with E-state index in [4.69, 9.17) is 16.3 Å². The molecule has 0 radical (unpaired) electrons. The largest absolute Gasteiger partial charge is 0.494 e. The molecular formula is C34H34Cl2F3NO3. The third-order valence-electron chi connectivity index (χ3n) is 7.45. The lowest BCUT2D eigenvalue weighted by Gasteiger charge is -2.36. The van der Waals surface area contributed by atoms with Gasteiger partial charge in [-0.1, -0.05) is 96.5 Å². The normalized spacial score (nSPS) is 12.3. The van der Waals surface area contributed by atoms with Crippen molar-refractivity contribution in [1.82, 2.24) is 5.32 Å². The summed E-state index contributed by atoms with van der Waals surface area (Å²) in [5.41, 5.74) is 1.44. The number of hydrogen-bond acceptors (Lipinski definition) is 3. The number of aliphatic carboxylic acids is 1. The summed E-state index contributed by atoms with van der Waals surface area (Å²) in [7, 11) is 0. The molecule has 0 amide bonds. The Kier molecular flexibility index (Phi) is 12.1. The molecule has 0 aliphatic rings. The molecular weight excluding hydrogens is 598 g/mol. The summed E-state index contributed by atoms with van der Waals surface area (Å²) in [5, 5.41) is 12.5. The van der Waals surface area contributed by atoms with Crippen LogP contribution in [0.15, 0.2) is 103 Å². The summed E-state index contributed by atoms with van der Waals surface area (Å²) in [6.45, 7) is 3.06. The second-order valence-corrected chi connectivity index (χ2v) is 10.7. The zero-order valence-electron chi connectivity index (χ0n) is 23.6. The van der Waals surface area contributed by atoms with Gasteiger partial charge in [0.15, 0.2) is 0 Å². The van der Waals surface area contributed by atoms with Gasteiger partial charge in [0.1, 0.15) is 5.75 Å². The van der Waals surface area contributed by atoms with Gasteiger partial charge >= 0.3 is 12.1 Å². The highest BCUT2D eigenvalue weighted by molar-refractivity contribution is 6.32. The predicted octanol–water partition coefficient (Wildman–Crippen LogP) is 8.56. The molecule has 4 aromatic carbocycles. The number of rotatable bonds is 13. The molecule has 1 unspecified atom stereocenters. The van der Waals surface area contributed by atoms with Gasteiger partial charge in [0, 0.05) is 12.0 Å². The highest BCUT2D eigenvalue weighted by Gasteiger charge is 2.38. The standard InChI is InChI=1S/C34H33ClF3NO3.ClH/c1-24(32(40)41)25-11-8-17-29(21-25)42-20-10-19-39-23-33(27-13-4-2-5-14-27,28-15-6-3-7-16-28)22-26-12-9-18-30(31(26)35)34(36,37)38;/h2-9,11-18,21,24,39H,10,19-20,22-23H2,1H3,(H,40,41);1H. The summed E-state index contributed by atoms with van der Waals surface area (Å²) >= 11 is 6.39. The van der Waals surface area contributed by atoms with Gasteiger partial charge in [-0.3, -0.25) is 4.79 Å². The van der Waals surface area contributed by atoms with E-state index in [0.29, 0.717) is 43.0 Å². The maximum atomic E-state index is 13.7. The van der Waals surface area contributed by atoms with Crippen LogP contribution < -0.4 is 10.1 Å². The van der Waals surface area contributed by atoms with Crippen LogP contribution in [-0.2, 0) is 22.8 Å². The number of hydrogen-bond donors (Lipinski definition) is 2. The Balaban J connectivity index is 0.00000506. The van der Waals surface area contributed by atoms with E-state index in [1.165, 1.54) is 6.07 Å². The fraction of sp³-hybridized carbons (Fsp3) is 0.265. The van der Waals surface area contributed by atoms with Crippen LogP contribution in [0.25, 0.3) is 0 Å². The Morgan fingerprint density at radius 1 is 0.907 bits per heavy atom. The first-order valence-corrected chi connectivity index (χ1v) is 14.1. The molecule has 0 aromatic heterocycles. The molecule has 0 aliphatic heterocycles. The maximum Gasteiger partial charge on any atom is 0.417 e. The number of alkyl halides is 3. The van der Waals surface area contributed by atoms with E-state index >= 15 is 0 Å². The minimum Gasteiger partial charge on any atom is -0.494 e. The molecule has 0 heterocycles. The minimum absolute atomic E-state index is 0. The van der Waals surface area contributed by atoms with Crippen LogP contribution in [0.3, 0.4) is 0 Å². The number of halogens is 5. The van der Waals surface area contributed by atoms with Gasteiger partial charge in [-0.15, -0.1) is 12.4 Å². The number of benzene rings is 4. The number of carboxylic acid groups (broad SMARTS) is 1. The maximum absolute atomic E-state index is 13.7. The lowest BCUT2D eigenvalue weighted by molar-refractivity contribution is -0.138. The molecule has 4 rings (SSSR count). The van der Waals surface area contributed by atoms with Gasteiger partial charge in [0.2, 0.25) is 0 Å². The van der Waals surface area contributed by atoms with Crippen molar-refractivity contribution in [3.8, 4) is 5.75 Å². The van der Waals surface area contributed by atoms with E-state index in [1.807, 2.05) is 60.7 Å². The smallest absolute Gasteiger partial charge is 0.417 e. The minimum atomic E-state index is -4.56. The summed E-state index contributed by atoms with van der Waals surface area (Å²) in [5.74, 6) is -0.935. The molecule has 0 saturated carbocycles. The van der Waals surface area contributed by atoms with E-state index < -0.39 is 29.0 Å². The SMILES string of the molecule is CC(C(=O)O)c1cccc(OCCCNCC(Cc2cccc(C(F)(F)F)c2Cl)(c2ccccc2)c2ccccc2)c1.Cl. The van der Waals surface area contributed by atoms with E-state index in [0.717, 1.165) is 17.2 Å².